The highest BCUT2D eigenvalue weighted by Crippen LogP contribution is 2.14. The minimum atomic E-state index is 0.840. The quantitative estimate of drug-likeness (QED) is 0.854. The van der Waals surface area contributed by atoms with E-state index < -0.39 is 0 Å². The number of aryl methyl sites for hydroxylation is 1. The van der Waals surface area contributed by atoms with E-state index in [1.54, 1.807) is 0 Å². The van der Waals surface area contributed by atoms with Gasteiger partial charge in [0.25, 0.3) is 0 Å². The average molecular weight is 262 g/mol. The summed E-state index contributed by atoms with van der Waals surface area (Å²) in [5.41, 5.74) is 2.67. The molecule has 1 aromatic carbocycles. The number of rotatable bonds is 4. The lowest BCUT2D eigenvalue weighted by molar-refractivity contribution is 0.390. The van der Waals surface area contributed by atoms with Crippen molar-refractivity contribution in [3.05, 3.63) is 29.8 Å². The molecular formula is C17H30N2. The summed E-state index contributed by atoms with van der Waals surface area (Å²) in [7, 11) is 0. The van der Waals surface area contributed by atoms with Crippen molar-refractivity contribution >= 4 is 5.69 Å². The molecule has 19 heavy (non-hydrogen) atoms. The number of anilines is 1. The van der Waals surface area contributed by atoms with Gasteiger partial charge in [-0.2, -0.15) is 0 Å². The van der Waals surface area contributed by atoms with Gasteiger partial charge in [0.1, 0.15) is 0 Å². The van der Waals surface area contributed by atoms with Crippen LogP contribution < -0.4 is 10.6 Å². The Morgan fingerprint density at radius 1 is 1.05 bits per heavy atom. The molecule has 0 radical (unpaired) electrons. The molecule has 2 heteroatoms. The van der Waals surface area contributed by atoms with Gasteiger partial charge in [0, 0.05) is 12.2 Å². The third-order valence-electron chi connectivity index (χ3n) is 3.42. The second kappa shape index (κ2) is 9.85. The van der Waals surface area contributed by atoms with E-state index in [0.717, 1.165) is 18.9 Å². The Balaban J connectivity index is 0.000000550. The maximum atomic E-state index is 3.54. The summed E-state index contributed by atoms with van der Waals surface area (Å²) in [6.45, 7) is 9.92. The lowest BCUT2D eigenvalue weighted by Crippen LogP contribution is -2.31. The molecule has 2 rings (SSSR count). The third-order valence-corrected chi connectivity index (χ3v) is 3.42. The molecule has 0 spiro atoms. The molecule has 2 nitrogen and oxygen atoms in total. The number of nitrogens with one attached hydrogen (secondary N) is 2. The minimum Gasteiger partial charge on any atom is -0.385 e. The Hall–Kier alpha value is -1.02. The fraction of sp³-hybridized carbons (Fsp3) is 0.647. The monoisotopic (exact) mass is 262 g/mol. The molecule has 1 saturated heterocycles. The molecule has 1 aliphatic rings. The zero-order valence-electron chi connectivity index (χ0n) is 12.8. The summed E-state index contributed by atoms with van der Waals surface area (Å²) in [6, 6.07) is 8.81. The predicted octanol–water partition coefficient (Wildman–Crippen LogP) is 4.08. The molecule has 1 heterocycles. The van der Waals surface area contributed by atoms with Crippen LogP contribution in [-0.2, 0) is 6.42 Å². The molecule has 108 valence electrons. The summed E-state index contributed by atoms with van der Waals surface area (Å²) in [6.07, 6.45) is 4.98. The molecule has 0 aromatic heterocycles. The van der Waals surface area contributed by atoms with Crippen LogP contribution in [0.4, 0.5) is 5.69 Å². The van der Waals surface area contributed by atoms with Gasteiger partial charge in [-0.3, -0.25) is 0 Å². The number of piperidine rings is 1. The summed E-state index contributed by atoms with van der Waals surface area (Å²) >= 11 is 0. The molecule has 1 aromatic rings. The number of hydrogen-bond donors (Lipinski definition) is 2. The first-order valence-electron chi connectivity index (χ1n) is 7.83. The first-order valence-corrected chi connectivity index (χ1v) is 7.83. The van der Waals surface area contributed by atoms with Crippen molar-refractivity contribution in [2.24, 2.45) is 5.92 Å². The first-order chi connectivity index (χ1) is 9.30. The van der Waals surface area contributed by atoms with E-state index in [4.69, 9.17) is 0 Å². The fourth-order valence-electron chi connectivity index (χ4n) is 2.21. The first kappa shape index (κ1) is 16.0. The van der Waals surface area contributed by atoms with Crippen LogP contribution in [0.5, 0.6) is 0 Å². The van der Waals surface area contributed by atoms with E-state index in [2.05, 4.69) is 55.7 Å². The maximum absolute atomic E-state index is 3.54. The van der Waals surface area contributed by atoms with E-state index in [-0.39, 0.29) is 0 Å². The Bertz CT molecular complexity index is 313. The lowest BCUT2D eigenvalue weighted by atomic mass is 9.98. The smallest absolute Gasteiger partial charge is 0.0340 e. The van der Waals surface area contributed by atoms with Gasteiger partial charge in [-0.05, 0) is 56.0 Å². The molecule has 1 aliphatic heterocycles. The summed E-state index contributed by atoms with van der Waals surface area (Å²) < 4.78 is 0. The zero-order chi connectivity index (χ0) is 13.9. The average Bonchev–Trinajstić information content (AvgIpc) is 2.47. The molecule has 0 unspecified atom stereocenters. The van der Waals surface area contributed by atoms with Crippen molar-refractivity contribution in [1.29, 1.82) is 0 Å². The highest BCUT2D eigenvalue weighted by atomic mass is 14.9. The third kappa shape index (κ3) is 6.63. The molecule has 0 saturated carbocycles. The second-order valence-corrected chi connectivity index (χ2v) is 5.33. The van der Waals surface area contributed by atoms with Crippen molar-refractivity contribution in [1.82, 2.24) is 5.32 Å². The van der Waals surface area contributed by atoms with Gasteiger partial charge in [0.15, 0.2) is 0 Å². The molecule has 0 aliphatic carbocycles. The van der Waals surface area contributed by atoms with Gasteiger partial charge < -0.3 is 10.6 Å². The van der Waals surface area contributed by atoms with Crippen molar-refractivity contribution in [2.75, 3.05) is 25.0 Å². The van der Waals surface area contributed by atoms with Gasteiger partial charge >= 0.3 is 0 Å². The van der Waals surface area contributed by atoms with Crippen LogP contribution in [0, 0.1) is 5.92 Å². The van der Waals surface area contributed by atoms with E-state index in [9.17, 15) is 0 Å². The molecule has 0 amide bonds. The van der Waals surface area contributed by atoms with E-state index in [1.807, 2.05) is 0 Å². The number of hydrogen-bond acceptors (Lipinski definition) is 2. The highest BCUT2D eigenvalue weighted by molar-refractivity contribution is 5.44. The van der Waals surface area contributed by atoms with Crippen LogP contribution >= 0.6 is 0 Å². The van der Waals surface area contributed by atoms with Crippen LogP contribution in [0.1, 0.15) is 45.6 Å². The predicted molar refractivity (Wildman–Crippen MR) is 85.9 cm³/mol. The van der Waals surface area contributed by atoms with Gasteiger partial charge in [0.05, 0.1) is 0 Å². The fourth-order valence-corrected chi connectivity index (χ4v) is 2.21. The molecule has 0 bridgehead atoms. The van der Waals surface area contributed by atoms with Crippen LogP contribution in [0.3, 0.4) is 0 Å². The van der Waals surface area contributed by atoms with E-state index in [0.29, 0.717) is 0 Å². The van der Waals surface area contributed by atoms with E-state index in [1.165, 1.54) is 43.6 Å². The van der Waals surface area contributed by atoms with Gasteiger partial charge in [-0.25, -0.2) is 0 Å². The maximum Gasteiger partial charge on any atom is 0.0340 e. The van der Waals surface area contributed by atoms with E-state index >= 15 is 0 Å². The Morgan fingerprint density at radius 3 is 2.16 bits per heavy atom. The SMILES string of the molecule is CCC.CCc1ccc(NCC2CCNCC2)cc1. The topological polar surface area (TPSA) is 24.1 Å². The van der Waals surface area contributed by atoms with Crippen LogP contribution in [-0.4, -0.2) is 19.6 Å². The zero-order valence-corrected chi connectivity index (χ0v) is 12.8. The summed E-state index contributed by atoms with van der Waals surface area (Å²) in [5.74, 6) is 0.840. The summed E-state index contributed by atoms with van der Waals surface area (Å²) in [5, 5.41) is 6.94. The van der Waals surface area contributed by atoms with Crippen molar-refractivity contribution in [3.8, 4) is 0 Å². The molecule has 1 fully saturated rings. The molecular weight excluding hydrogens is 232 g/mol. The largest absolute Gasteiger partial charge is 0.385 e. The highest BCUT2D eigenvalue weighted by Gasteiger charge is 2.11. The van der Waals surface area contributed by atoms with Gasteiger partial charge in [-0.1, -0.05) is 39.3 Å². The van der Waals surface area contributed by atoms with Crippen molar-refractivity contribution in [3.63, 3.8) is 0 Å². The van der Waals surface area contributed by atoms with Crippen LogP contribution in [0.25, 0.3) is 0 Å². The molecule has 0 atom stereocenters. The van der Waals surface area contributed by atoms with Crippen LogP contribution in [0.2, 0.25) is 0 Å². The molecule has 2 N–H and O–H groups in total. The van der Waals surface area contributed by atoms with Crippen molar-refractivity contribution in [2.45, 2.75) is 46.5 Å². The Morgan fingerprint density at radius 2 is 1.63 bits per heavy atom. The Labute approximate surface area is 119 Å². The minimum absolute atomic E-state index is 0.840. The Kier molecular flexibility index (Phi) is 8.31. The lowest BCUT2D eigenvalue weighted by Gasteiger charge is -2.23. The summed E-state index contributed by atoms with van der Waals surface area (Å²) in [4.78, 5) is 0. The second-order valence-electron chi connectivity index (χ2n) is 5.33. The standard InChI is InChI=1S/C14H22N2.C3H8/c1-2-12-3-5-14(6-4-12)16-11-13-7-9-15-10-8-13;1-3-2/h3-6,13,15-16H,2,7-11H2,1H3;3H2,1-2H3. The number of benzene rings is 1. The van der Waals surface area contributed by atoms with Crippen molar-refractivity contribution < 1.29 is 0 Å². The normalized spacial score (nSPS) is 15.5. The van der Waals surface area contributed by atoms with Gasteiger partial charge in [-0.15, -0.1) is 0 Å². The van der Waals surface area contributed by atoms with Gasteiger partial charge in [0.2, 0.25) is 0 Å². The van der Waals surface area contributed by atoms with Crippen LogP contribution in [0.15, 0.2) is 24.3 Å².